The highest BCUT2D eigenvalue weighted by atomic mass is 32.2. The average molecular weight is 324 g/mol. The standard InChI is InChI=1S/C14H16N2O3S2/c1-16(8-11-6-7-19-9-11)21(17,18)10-12-4-2-3-5-13(12)14(15)20/h2-7,9H,8,10H2,1H3,(H2,15,20). The van der Waals surface area contributed by atoms with Crippen LogP contribution in [-0.4, -0.2) is 24.8 Å². The number of sulfonamides is 1. The summed E-state index contributed by atoms with van der Waals surface area (Å²) in [6.45, 7) is 0.258. The van der Waals surface area contributed by atoms with E-state index >= 15 is 0 Å². The predicted molar refractivity (Wildman–Crippen MR) is 85.1 cm³/mol. The molecule has 0 aliphatic carbocycles. The summed E-state index contributed by atoms with van der Waals surface area (Å²) < 4.78 is 31.1. The number of nitrogens with zero attached hydrogens (tertiary/aromatic N) is 1. The summed E-state index contributed by atoms with van der Waals surface area (Å²) in [6.07, 6.45) is 3.03. The molecule has 0 aliphatic heterocycles. The zero-order chi connectivity index (χ0) is 15.5. The van der Waals surface area contributed by atoms with Gasteiger partial charge in [0.1, 0.15) is 4.99 Å². The van der Waals surface area contributed by atoms with Gasteiger partial charge in [0.05, 0.1) is 18.3 Å². The first kappa shape index (κ1) is 15.7. The maximum atomic E-state index is 12.4. The second-order valence-electron chi connectivity index (χ2n) is 4.67. The summed E-state index contributed by atoms with van der Waals surface area (Å²) in [5, 5.41) is 0. The van der Waals surface area contributed by atoms with E-state index in [1.54, 1.807) is 30.3 Å². The monoisotopic (exact) mass is 324 g/mol. The number of hydrogen-bond donors (Lipinski definition) is 1. The van der Waals surface area contributed by atoms with Crippen molar-refractivity contribution in [3.63, 3.8) is 0 Å². The fourth-order valence-corrected chi connectivity index (χ4v) is 3.34. The first-order chi connectivity index (χ1) is 9.90. The molecule has 7 heteroatoms. The molecule has 0 radical (unpaired) electrons. The van der Waals surface area contributed by atoms with Crippen molar-refractivity contribution >= 4 is 27.2 Å². The van der Waals surface area contributed by atoms with Crippen LogP contribution in [0.4, 0.5) is 0 Å². The second-order valence-corrected chi connectivity index (χ2v) is 7.18. The maximum Gasteiger partial charge on any atom is 0.218 e. The predicted octanol–water partition coefficient (Wildman–Crippen LogP) is 1.88. The Hall–Kier alpha value is -1.70. The van der Waals surface area contributed by atoms with Crippen molar-refractivity contribution in [2.75, 3.05) is 7.05 Å². The molecule has 2 aromatic rings. The Morgan fingerprint density at radius 1 is 1.33 bits per heavy atom. The lowest BCUT2D eigenvalue weighted by molar-refractivity contribution is 0.462. The van der Waals surface area contributed by atoms with Crippen molar-refractivity contribution in [1.82, 2.24) is 4.31 Å². The van der Waals surface area contributed by atoms with Gasteiger partial charge in [-0.15, -0.1) is 0 Å². The SMILES string of the molecule is CN(Cc1ccoc1)S(=O)(=O)Cc1ccccc1C(N)=S. The normalized spacial score (nSPS) is 11.7. The lowest BCUT2D eigenvalue weighted by Crippen LogP contribution is -2.28. The molecule has 1 heterocycles. The van der Waals surface area contributed by atoms with Crippen LogP contribution in [0.15, 0.2) is 47.3 Å². The Balaban J connectivity index is 2.19. The molecule has 0 saturated heterocycles. The third-order valence-electron chi connectivity index (χ3n) is 3.08. The van der Waals surface area contributed by atoms with Gasteiger partial charge in [0, 0.05) is 24.7 Å². The summed E-state index contributed by atoms with van der Waals surface area (Å²) in [5.74, 6) is -0.144. The van der Waals surface area contributed by atoms with Gasteiger partial charge in [-0.05, 0) is 11.6 Å². The van der Waals surface area contributed by atoms with Gasteiger partial charge in [-0.3, -0.25) is 0 Å². The molecule has 0 saturated carbocycles. The molecule has 1 aromatic heterocycles. The van der Waals surface area contributed by atoms with Crippen LogP contribution in [-0.2, 0) is 22.3 Å². The molecule has 0 amide bonds. The molecular weight excluding hydrogens is 308 g/mol. The highest BCUT2D eigenvalue weighted by molar-refractivity contribution is 7.88. The lowest BCUT2D eigenvalue weighted by Gasteiger charge is -2.17. The summed E-state index contributed by atoms with van der Waals surface area (Å²) >= 11 is 4.95. The molecule has 0 atom stereocenters. The smallest absolute Gasteiger partial charge is 0.218 e. The van der Waals surface area contributed by atoms with E-state index in [1.807, 2.05) is 0 Å². The van der Waals surface area contributed by atoms with Gasteiger partial charge in [-0.25, -0.2) is 12.7 Å². The van der Waals surface area contributed by atoms with Crippen molar-refractivity contribution in [2.24, 2.45) is 5.73 Å². The van der Waals surface area contributed by atoms with E-state index in [2.05, 4.69) is 0 Å². The third kappa shape index (κ3) is 3.90. The van der Waals surface area contributed by atoms with Crippen LogP contribution in [0.5, 0.6) is 0 Å². The fraction of sp³-hybridized carbons (Fsp3) is 0.214. The Kier molecular flexibility index (Phi) is 4.76. The Morgan fingerprint density at radius 2 is 2.05 bits per heavy atom. The van der Waals surface area contributed by atoms with E-state index in [0.29, 0.717) is 11.1 Å². The Morgan fingerprint density at radius 3 is 2.67 bits per heavy atom. The molecule has 0 fully saturated rings. The molecule has 2 rings (SSSR count). The molecule has 21 heavy (non-hydrogen) atoms. The minimum Gasteiger partial charge on any atom is -0.472 e. The molecular formula is C14H16N2O3S2. The van der Waals surface area contributed by atoms with Crippen molar-refractivity contribution in [1.29, 1.82) is 0 Å². The molecule has 1 aromatic carbocycles. The number of rotatable bonds is 6. The molecule has 0 unspecified atom stereocenters. The van der Waals surface area contributed by atoms with Crippen molar-refractivity contribution in [2.45, 2.75) is 12.3 Å². The summed E-state index contributed by atoms with van der Waals surface area (Å²) in [6, 6.07) is 8.72. The molecule has 5 nitrogen and oxygen atoms in total. The van der Waals surface area contributed by atoms with E-state index in [0.717, 1.165) is 5.56 Å². The Labute approximate surface area is 129 Å². The van der Waals surface area contributed by atoms with Crippen molar-refractivity contribution in [3.05, 3.63) is 59.5 Å². The molecule has 112 valence electrons. The third-order valence-corrected chi connectivity index (χ3v) is 5.06. The first-order valence-electron chi connectivity index (χ1n) is 6.23. The Bertz CT molecular complexity index is 724. The van der Waals surface area contributed by atoms with Gasteiger partial charge < -0.3 is 10.2 Å². The van der Waals surface area contributed by atoms with Crippen LogP contribution >= 0.6 is 12.2 Å². The van der Waals surface area contributed by atoms with Crippen molar-refractivity contribution in [3.8, 4) is 0 Å². The van der Waals surface area contributed by atoms with Crippen LogP contribution in [0.25, 0.3) is 0 Å². The topological polar surface area (TPSA) is 76.5 Å². The molecule has 0 spiro atoms. The van der Waals surface area contributed by atoms with E-state index in [9.17, 15) is 8.42 Å². The fourth-order valence-electron chi connectivity index (χ4n) is 1.93. The molecule has 0 aliphatic rings. The van der Waals surface area contributed by atoms with E-state index in [1.165, 1.54) is 23.9 Å². The number of nitrogens with two attached hydrogens (primary N) is 1. The first-order valence-corrected chi connectivity index (χ1v) is 8.24. The van der Waals surface area contributed by atoms with Gasteiger partial charge in [-0.2, -0.15) is 0 Å². The number of benzene rings is 1. The minimum atomic E-state index is -3.47. The maximum absolute atomic E-state index is 12.4. The summed E-state index contributed by atoms with van der Waals surface area (Å²) in [7, 11) is -1.94. The van der Waals surface area contributed by atoms with Gasteiger partial charge >= 0.3 is 0 Å². The molecule has 0 bridgehead atoms. The van der Waals surface area contributed by atoms with Crippen LogP contribution in [0.1, 0.15) is 16.7 Å². The zero-order valence-electron chi connectivity index (χ0n) is 11.5. The molecule has 2 N–H and O–H groups in total. The highest BCUT2D eigenvalue weighted by Crippen LogP contribution is 2.16. The number of thiocarbonyl (C=S) groups is 1. The largest absolute Gasteiger partial charge is 0.472 e. The van der Waals surface area contributed by atoms with Crippen LogP contribution in [0.3, 0.4) is 0 Å². The number of hydrogen-bond acceptors (Lipinski definition) is 4. The van der Waals surface area contributed by atoms with Gasteiger partial charge in [0.25, 0.3) is 0 Å². The average Bonchev–Trinajstić information content (AvgIpc) is 2.91. The van der Waals surface area contributed by atoms with E-state index in [-0.39, 0.29) is 17.3 Å². The summed E-state index contributed by atoms with van der Waals surface area (Å²) in [4.78, 5) is 0.193. The summed E-state index contributed by atoms with van der Waals surface area (Å²) in [5.41, 5.74) is 7.62. The van der Waals surface area contributed by atoms with Gasteiger partial charge in [-0.1, -0.05) is 36.5 Å². The van der Waals surface area contributed by atoms with Crippen LogP contribution < -0.4 is 5.73 Å². The highest BCUT2D eigenvalue weighted by Gasteiger charge is 2.21. The van der Waals surface area contributed by atoms with E-state index in [4.69, 9.17) is 22.4 Å². The number of furan rings is 1. The zero-order valence-corrected chi connectivity index (χ0v) is 13.2. The van der Waals surface area contributed by atoms with Crippen LogP contribution in [0.2, 0.25) is 0 Å². The second kappa shape index (κ2) is 6.38. The van der Waals surface area contributed by atoms with E-state index < -0.39 is 10.0 Å². The van der Waals surface area contributed by atoms with Gasteiger partial charge in [0.15, 0.2) is 0 Å². The van der Waals surface area contributed by atoms with Gasteiger partial charge in [0.2, 0.25) is 10.0 Å². The minimum absolute atomic E-state index is 0.144. The van der Waals surface area contributed by atoms with Crippen molar-refractivity contribution < 1.29 is 12.8 Å². The quantitative estimate of drug-likeness (QED) is 0.821. The van der Waals surface area contributed by atoms with Crippen LogP contribution in [0, 0.1) is 0 Å². The lowest BCUT2D eigenvalue weighted by atomic mass is 10.1.